The van der Waals surface area contributed by atoms with Crippen molar-refractivity contribution in [3.05, 3.63) is 76.3 Å². The van der Waals surface area contributed by atoms with Crippen LogP contribution in [0.3, 0.4) is 0 Å². The van der Waals surface area contributed by atoms with Crippen LogP contribution in [-0.2, 0) is 18.8 Å². The van der Waals surface area contributed by atoms with E-state index >= 15 is 0 Å². The Morgan fingerprint density at radius 1 is 1.14 bits per heavy atom. The van der Waals surface area contributed by atoms with Crippen LogP contribution in [-0.4, -0.2) is 15.4 Å². The summed E-state index contributed by atoms with van der Waals surface area (Å²) in [5.41, 5.74) is 10.8. The lowest BCUT2D eigenvalue weighted by molar-refractivity contribution is 0.665. The van der Waals surface area contributed by atoms with Crippen LogP contribution in [0.15, 0.2) is 53.6 Å². The van der Waals surface area contributed by atoms with Crippen molar-refractivity contribution in [3.63, 3.8) is 0 Å². The highest BCUT2D eigenvalue weighted by molar-refractivity contribution is 6.31. The number of hydrazone groups is 1. The first kappa shape index (κ1) is 21.2. The highest BCUT2D eigenvalue weighted by atomic mass is 35.5. The number of unbranched alkanes of at least 4 members (excludes halogenated alkanes) is 1. The molecule has 1 heterocycles. The molecule has 2 aromatic carbocycles. The molecule has 152 valence electrons. The van der Waals surface area contributed by atoms with Gasteiger partial charge in [-0.05, 0) is 23.1 Å². The third-order valence-electron chi connectivity index (χ3n) is 4.93. The van der Waals surface area contributed by atoms with Gasteiger partial charge in [-0.3, -0.25) is 0 Å². The molecule has 5 nitrogen and oxygen atoms in total. The number of hydrogen-bond acceptors (Lipinski definition) is 3. The van der Waals surface area contributed by atoms with Crippen LogP contribution in [0.1, 0.15) is 42.4 Å². The molecule has 0 amide bonds. The van der Waals surface area contributed by atoms with Gasteiger partial charge in [0.15, 0.2) is 11.0 Å². The van der Waals surface area contributed by atoms with Crippen molar-refractivity contribution in [1.82, 2.24) is 9.55 Å². The zero-order valence-electron chi connectivity index (χ0n) is 16.4. The maximum Gasteiger partial charge on any atom is 0.151 e. The summed E-state index contributed by atoms with van der Waals surface area (Å²) in [5.74, 6) is 7.00. The van der Waals surface area contributed by atoms with E-state index in [2.05, 4.69) is 45.8 Å². The van der Waals surface area contributed by atoms with E-state index in [1.54, 1.807) is 0 Å². The SMILES string of the molecule is CCCCc1nc(Cl)c(CCl)n1Cc1ccc(-c2ccccc2/C(N)=N/N)cc1. The highest BCUT2D eigenvalue weighted by Gasteiger charge is 2.15. The Morgan fingerprint density at radius 3 is 2.52 bits per heavy atom. The second-order valence-electron chi connectivity index (χ2n) is 6.85. The Labute approximate surface area is 181 Å². The molecule has 0 atom stereocenters. The molecule has 0 bridgehead atoms. The second kappa shape index (κ2) is 9.81. The highest BCUT2D eigenvalue weighted by Crippen LogP contribution is 2.26. The topological polar surface area (TPSA) is 82.2 Å². The summed E-state index contributed by atoms with van der Waals surface area (Å²) in [6.45, 7) is 2.84. The average molecular weight is 430 g/mol. The molecular weight excluding hydrogens is 405 g/mol. The fraction of sp³-hybridized carbons (Fsp3) is 0.273. The van der Waals surface area contributed by atoms with Gasteiger partial charge in [-0.2, -0.15) is 5.10 Å². The van der Waals surface area contributed by atoms with Gasteiger partial charge in [-0.15, -0.1) is 11.6 Å². The number of benzene rings is 2. The van der Waals surface area contributed by atoms with Gasteiger partial charge in [0.05, 0.1) is 11.6 Å². The van der Waals surface area contributed by atoms with Crippen LogP contribution in [0.4, 0.5) is 0 Å². The number of halogens is 2. The van der Waals surface area contributed by atoms with Crippen LogP contribution >= 0.6 is 23.2 Å². The number of hydrogen-bond donors (Lipinski definition) is 2. The van der Waals surface area contributed by atoms with Crippen LogP contribution in [0, 0.1) is 0 Å². The molecule has 3 aromatic rings. The van der Waals surface area contributed by atoms with Crippen molar-refractivity contribution in [3.8, 4) is 11.1 Å². The van der Waals surface area contributed by atoms with Crippen molar-refractivity contribution in [2.75, 3.05) is 0 Å². The van der Waals surface area contributed by atoms with E-state index in [4.69, 9.17) is 34.8 Å². The van der Waals surface area contributed by atoms with Crippen molar-refractivity contribution in [2.24, 2.45) is 16.7 Å². The van der Waals surface area contributed by atoms with E-state index in [1.807, 2.05) is 24.3 Å². The number of nitrogens with two attached hydrogens (primary N) is 2. The van der Waals surface area contributed by atoms with Gasteiger partial charge in [0, 0.05) is 18.5 Å². The number of nitrogens with zero attached hydrogens (tertiary/aromatic N) is 3. The van der Waals surface area contributed by atoms with Gasteiger partial charge < -0.3 is 16.1 Å². The van der Waals surface area contributed by atoms with Gasteiger partial charge >= 0.3 is 0 Å². The summed E-state index contributed by atoms with van der Waals surface area (Å²) in [7, 11) is 0. The van der Waals surface area contributed by atoms with E-state index in [0.717, 1.165) is 53.0 Å². The van der Waals surface area contributed by atoms with Crippen LogP contribution in [0.5, 0.6) is 0 Å². The smallest absolute Gasteiger partial charge is 0.151 e. The maximum absolute atomic E-state index is 6.31. The Morgan fingerprint density at radius 2 is 1.86 bits per heavy atom. The van der Waals surface area contributed by atoms with Crippen molar-refractivity contribution in [1.29, 1.82) is 0 Å². The maximum atomic E-state index is 6.31. The van der Waals surface area contributed by atoms with Crippen LogP contribution in [0.2, 0.25) is 5.15 Å². The molecule has 0 saturated carbocycles. The second-order valence-corrected chi connectivity index (χ2v) is 7.47. The summed E-state index contributed by atoms with van der Waals surface area (Å²) in [4.78, 5) is 4.53. The minimum Gasteiger partial charge on any atom is -0.382 e. The molecule has 0 saturated heterocycles. The Balaban J connectivity index is 1.90. The first-order valence-corrected chi connectivity index (χ1v) is 10.5. The van der Waals surface area contributed by atoms with Gasteiger partial charge in [0.1, 0.15) is 5.82 Å². The van der Waals surface area contributed by atoms with E-state index in [0.29, 0.717) is 23.4 Å². The molecule has 3 rings (SSSR count). The summed E-state index contributed by atoms with van der Waals surface area (Å²) in [5, 5.41) is 4.13. The number of rotatable bonds is 8. The first-order valence-electron chi connectivity index (χ1n) is 9.60. The molecule has 7 heteroatoms. The normalized spacial score (nSPS) is 11.8. The first-order chi connectivity index (χ1) is 14.1. The molecule has 29 heavy (non-hydrogen) atoms. The summed E-state index contributed by atoms with van der Waals surface area (Å²) in [6, 6.07) is 16.1. The molecule has 0 unspecified atom stereocenters. The molecule has 1 aromatic heterocycles. The molecule has 0 aliphatic rings. The lowest BCUT2D eigenvalue weighted by Crippen LogP contribution is -2.16. The van der Waals surface area contributed by atoms with E-state index in [9.17, 15) is 0 Å². The standard InChI is InChI=1S/C22H25Cl2N5/c1-2-3-8-20-27-21(24)19(13-23)29(20)14-15-9-11-16(12-10-15)17-6-4-5-7-18(17)22(25)28-26/h4-7,9-12H,2-3,8,13-14,26H2,1H3,(H2,25,28). The molecule has 0 spiro atoms. The molecule has 0 aliphatic heterocycles. The largest absolute Gasteiger partial charge is 0.382 e. The van der Waals surface area contributed by atoms with Crippen LogP contribution in [0.25, 0.3) is 11.1 Å². The Hall–Kier alpha value is -2.50. The number of amidine groups is 1. The molecule has 4 N–H and O–H groups in total. The predicted molar refractivity (Wildman–Crippen MR) is 121 cm³/mol. The van der Waals surface area contributed by atoms with E-state index in [1.165, 1.54) is 0 Å². The van der Waals surface area contributed by atoms with Crippen molar-refractivity contribution < 1.29 is 0 Å². The van der Waals surface area contributed by atoms with Gasteiger partial charge in [0.25, 0.3) is 0 Å². The summed E-state index contributed by atoms with van der Waals surface area (Å²) in [6.07, 6.45) is 3.05. The van der Waals surface area contributed by atoms with Gasteiger partial charge in [0.2, 0.25) is 0 Å². The fourth-order valence-corrected chi connectivity index (χ4v) is 3.95. The van der Waals surface area contributed by atoms with Crippen LogP contribution < -0.4 is 11.6 Å². The number of aromatic nitrogens is 2. The minimum atomic E-state index is 0.310. The zero-order chi connectivity index (χ0) is 20.8. The molecular formula is C22H25Cl2N5. The number of imidazole rings is 1. The Kier molecular flexibility index (Phi) is 7.18. The van der Waals surface area contributed by atoms with E-state index < -0.39 is 0 Å². The van der Waals surface area contributed by atoms with Crippen molar-refractivity contribution in [2.45, 2.75) is 38.6 Å². The van der Waals surface area contributed by atoms with Gasteiger partial charge in [-0.25, -0.2) is 4.98 Å². The summed E-state index contributed by atoms with van der Waals surface area (Å²) < 4.78 is 2.13. The average Bonchev–Trinajstić information content (AvgIpc) is 3.06. The third-order valence-corrected chi connectivity index (χ3v) is 5.49. The van der Waals surface area contributed by atoms with Gasteiger partial charge in [-0.1, -0.05) is 73.5 Å². The fourth-order valence-electron chi connectivity index (χ4n) is 3.35. The van der Waals surface area contributed by atoms with E-state index in [-0.39, 0.29) is 0 Å². The zero-order valence-corrected chi connectivity index (χ0v) is 17.9. The minimum absolute atomic E-state index is 0.310. The molecule has 0 fully saturated rings. The number of alkyl halides is 1. The third kappa shape index (κ3) is 4.74. The monoisotopic (exact) mass is 429 g/mol. The molecule has 0 aliphatic carbocycles. The molecule has 0 radical (unpaired) electrons. The summed E-state index contributed by atoms with van der Waals surface area (Å²) >= 11 is 12.5. The quantitative estimate of drug-likeness (QED) is 0.175. The lowest BCUT2D eigenvalue weighted by atomic mass is 9.98. The Bertz CT molecular complexity index is 993. The number of aryl methyl sites for hydroxylation is 1. The van der Waals surface area contributed by atoms with Crippen molar-refractivity contribution >= 4 is 29.0 Å². The predicted octanol–water partition coefficient (Wildman–Crippen LogP) is 4.91. The lowest BCUT2D eigenvalue weighted by Gasteiger charge is -2.13.